The van der Waals surface area contributed by atoms with E-state index in [2.05, 4.69) is 6.58 Å². The molecule has 2 aliphatic rings. The van der Waals surface area contributed by atoms with Crippen LogP contribution in [0.5, 0.6) is 0 Å². The lowest BCUT2D eigenvalue weighted by molar-refractivity contribution is -0.138. The van der Waals surface area contributed by atoms with Crippen LogP contribution in [0.4, 0.5) is 0 Å². The van der Waals surface area contributed by atoms with E-state index >= 15 is 0 Å². The van der Waals surface area contributed by atoms with Gasteiger partial charge in [-0.3, -0.25) is 4.79 Å². The molecule has 2 N–H and O–H groups in total. The first-order valence-corrected chi connectivity index (χ1v) is 6.89. The summed E-state index contributed by atoms with van der Waals surface area (Å²) in [7, 11) is 0. The highest BCUT2D eigenvalue weighted by Crippen LogP contribution is 2.34. The van der Waals surface area contributed by atoms with Crippen molar-refractivity contribution in [2.75, 3.05) is 13.1 Å². The Morgan fingerprint density at radius 3 is 2.59 bits per heavy atom. The van der Waals surface area contributed by atoms with Crippen LogP contribution in [-0.4, -0.2) is 29.9 Å². The van der Waals surface area contributed by atoms with Crippen molar-refractivity contribution in [2.45, 2.75) is 44.6 Å². The molecule has 0 bridgehead atoms. The lowest BCUT2D eigenvalue weighted by Gasteiger charge is -2.34. The van der Waals surface area contributed by atoms with E-state index in [1.54, 1.807) is 0 Å². The van der Waals surface area contributed by atoms with Crippen LogP contribution in [-0.2, 0) is 4.79 Å². The van der Waals surface area contributed by atoms with Crippen molar-refractivity contribution in [3.8, 4) is 0 Å². The lowest BCUT2D eigenvalue weighted by atomic mass is 9.78. The standard InChI is InChI=1S/C14H24N2O/c1-2-9-16(12-7-8-12)14(17)13-6-4-3-5-11(13)10-15/h2,11-13H,1,3-10,15H2. The van der Waals surface area contributed by atoms with Gasteiger partial charge in [-0.2, -0.15) is 0 Å². The summed E-state index contributed by atoms with van der Waals surface area (Å²) in [6.45, 7) is 5.12. The van der Waals surface area contributed by atoms with Gasteiger partial charge in [-0.05, 0) is 38.1 Å². The van der Waals surface area contributed by atoms with Crippen molar-refractivity contribution in [3.05, 3.63) is 12.7 Å². The lowest BCUT2D eigenvalue weighted by Crippen LogP contribution is -2.43. The smallest absolute Gasteiger partial charge is 0.226 e. The molecule has 0 radical (unpaired) electrons. The fourth-order valence-electron chi connectivity index (χ4n) is 2.97. The molecule has 2 saturated carbocycles. The van der Waals surface area contributed by atoms with Crippen LogP contribution in [0.25, 0.3) is 0 Å². The van der Waals surface area contributed by atoms with Crippen LogP contribution in [0.15, 0.2) is 12.7 Å². The Hall–Kier alpha value is -0.830. The molecule has 17 heavy (non-hydrogen) atoms. The zero-order valence-electron chi connectivity index (χ0n) is 10.6. The largest absolute Gasteiger partial charge is 0.336 e. The summed E-state index contributed by atoms with van der Waals surface area (Å²) in [5.74, 6) is 0.916. The molecule has 2 atom stereocenters. The minimum atomic E-state index is 0.175. The van der Waals surface area contributed by atoms with Crippen molar-refractivity contribution in [1.29, 1.82) is 0 Å². The fourth-order valence-corrected chi connectivity index (χ4v) is 2.97. The maximum Gasteiger partial charge on any atom is 0.226 e. The number of nitrogens with zero attached hydrogens (tertiary/aromatic N) is 1. The maximum absolute atomic E-state index is 12.6. The van der Waals surface area contributed by atoms with Gasteiger partial charge >= 0.3 is 0 Å². The third kappa shape index (κ3) is 2.89. The van der Waals surface area contributed by atoms with E-state index in [9.17, 15) is 4.79 Å². The first-order chi connectivity index (χ1) is 8.27. The first-order valence-electron chi connectivity index (χ1n) is 6.89. The van der Waals surface area contributed by atoms with Gasteiger partial charge in [0.25, 0.3) is 0 Å². The molecular formula is C14H24N2O. The third-order valence-corrected chi connectivity index (χ3v) is 4.13. The summed E-state index contributed by atoms with van der Waals surface area (Å²) in [6, 6.07) is 0.487. The average Bonchev–Trinajstić information content (AvgIpc) is 3.19. The van der Waals surface area contributed by atoms with Gasteiger partial charge in [0.15, 0.2) is 0 Å². The summed E-state index contributed by atoms with van der Waals surface area (Å²) in [5.41, 5.74) is 5.81. The molecule has 96 valence electrons. The summed E-state index contributed by atoms with van der Waals surface area (Å²) < 4.78 is 0. The van der Waals surface area contributed by atoms with E-state index in [4.69, 9.17) is 5.73 Å². The number of rotatable bonds is 5. The minimum Gasteiger partial charge on any atom is -0.336 e. The van der Waals surface area contributed by atoms with Crippen LogP contribution < -0.4 is 5.73 Å². The number of carbonyl (C=O) groups excluding carboxylic acids is 1. The van der Waals surface area contributed by atoms with Crippen LogP contribution >= 0.6 is 0 Å². The molecule has 3 heteroatoms. The Kier molecular flexibility index (Phi) is 4.21. The van der Waals surface area contributed by atoms with Crippen molar-refractivity contribution in [3.63, 3.8) is 0 Å². The minimum absolute atomic E-state index is 0.175. The molecule has 0 saturated heterocycles. The van der Waals surface area contributed by atoms with Crippen molar-refractivity contribution in [1.82, 2.24) is 4.90 Å². The van der Waals surface area contributed by atoms with Crippen LogP contribution in [0.2, 0.25) is 0 Å². The van der Waals surface area contributed by atoms with E-state index in [0.29, 0.717) is 31.0 Å². The normalized spacial score (nSPS) is 28.8. The van der Waals surface area contributed by atoms with Gasteiger partial charge in [-0.1, -0.05) is 18.9 Å². The number of amides is 1. The topological polar surface area (TPSA) is 46.3 Å². The Morgan fingerprint density at radius 2 is 2.00 bits per heavy atom. The number of hydrogen-bond donors (Lipinski definition) is 1. The predicted molar refractivity (Wildman–Crippen MR) is 69.4 cm³/mol. The first kappa shape index (κ1) is 12.6. The molecule has 0 aliphatic heterocycles. The molecule has 0 aromatic heterocycles. The molecule has 2 unspecified atom stereocenters. The molecule has 0 aromatic carbocycles. The number of nitrogens with two attached hydrogens (primary N) is 1. The molecule has 2 rings (SSSR count). The maximum atomic E-state index is 12.6. The van der Waals surface area contributed by atoms with Crippen LogP contribution in [0, 0.1) is 11.8 Å². The van der Waals surface area contributed by atoms with Crippen molar-refractivity contribution < 1.29 is 4.79 Å². The highest BCUT2D eigenvalue weighted by molar-refractivity contribution is 5.80. The second-order valence-electron chi connectivity index (χ2n) is 5.40. The van der Waals surface area contributed by atoms with Gasteiger partial charge in [-0.25, -0.2) is 0 Å². The second-order valence-corrected chi connectivity index (χ2v) is 5.40. The second kappa shape index (κ2) is 5.67. The summed E-state index contributed by atoms with van der Waals surface area (Å²) in [5, 5.41) is 0. The van der Waals surface area contributed by atoms with E-state index in [1.165, 1.54) is 25.7 Å². The summed E-state index contributed by atoms with van der Waals surface area (Å²) in [4.78, 5) is 14.6. The van der Waals surface area contributed by atoms with E-state index in [0.717, 1.165) is 12.8 Å². The zero-order chi connectivity index (χ0) is 12.3. The molecular weight excluding hydrogens is 212 g/mol. The quantitative estimate of drug-likeness (QED) is 0.741. The fraction of sp³-hybridized carbons (Fsp3) is 0.786. The van der Waals surface area contributed by atoms with E-state index in [1.807, 2.05) is 11.0 Å². The van der Waals surface area contributed by atoms with Gasteiger partial charge in [0.05, 0.1) is 0 Å². The summed E-state index contributed by atoms with van der Waals surface area (Å²) >= 11 is 0. The highest BCUT2D eigenvalue weighted by Gasteiger charge is 2.38. The van der Waals surface area contributed by atoms with Crippen molar-refractivity contribution in [2.24, 2.45) is 17.6 Å². The van der Waals surface area contributed by atoms with Gasteiger partial charge in [0, 0.05) is 18.5 Å². The highest BCUT2D eigenvalue weighted by atomic mass is 16.2. The Bertz CT molecular complexity index is 286. The number of carbonyl (C=O) groups is 1. The van der Waals surface area contributed by atoms with Gasteiger partial charge in [0.1, 0.15) is 0 Å². The molecule has 3 nitrogen and oxygen atoms in total. The molecule has 0 aromatic rings. The predicted octanol–water partition coefficient (Wildman–Crippen LogP) is 1.93. The molecule has 2 fully saturated rings. The molecule has 2 aliphatic carbocycles. The summed E-state index contributed by atoms with van der Waals surface area (Å²) in [6.07, 6.45) is 8.74. The monoisotopic (exact) mass is 236 g/mol. The third-order valence-electron chi connectivity index (χ3n) is 4.13. The molecule has 0 heterocycles. The van der Waals surface area contributed by atoms with Gasteiger partial charge < -0.3 is 10.6 Å². The average molecular weight is 236 g/mol. The Balaban J connectivity index is 2.02. The van der Waals surface area contributed by atoms with Crippen molar-refractivity contribution >= 4 is 5.91 Å². The van der Waals surface area contributed by atoms with Crippen LogP contribution in [0.1, 0.15) is 38.5 Å². The van der Waals surface area contributed by atoms with Gasteiger partial charge in [0.2, 0.25) is 5.91 Å². The Morgan fingerprint density at radius 1 is 1.29 bits per heavy atom. The van der Waals surface area contributed by atoms with Crippen LogP contribution in [0.3, 0.4) is 0 Å². The SMILES string of the molecule is C=CCN(C(=O)C1CCCCC1CN)C1CC1. The zero-order valence-corrected chi connectivity index (χ0v) is 10.6. The van der Waals surface area contributed by atoms with E-state index in [-0.39, 0.29) is 5.92 Å². The van der Waals surface area contributed by atoms with Gasteiger partial charge in [-0.15, -0.1) is 6.58 Å². The Labute approximate surface area is 104 Å². The molecule has 0 spiro atoms. The molecule has 1 amide bonds. The number of hydrogen-bond acceptors (Lipinski definition) is 2. The van der Waals surface area contributed by atoms with E-state index < -0.39 is 0 Å².